The predicted octanol–water partition coefficient (Wildman–Crippen LogP) is 1.86. The van der Waals surface area contributed by atoms with Gasteiger partial charge in [-0.15, -0.1) is 0 Å². The van der Waals surface area contributed by atoms with Crippen LogP contribution in [0.25, 0.3) is 0 Å². The van der Waals surface area contributed by atoms with Crippen molar-refractivity contribution in [3.05, 3.63) is 11.7 Å². The van der Waals surface area contributed by atoms with Crippen LogP contribution >= 0.6 is 0 Å². The summed E-state index contributed by atoms with van der Waals surface area (Å²) < 4.78 is 5.25. The fraction of sp³-hybridized carbons (Fsp3) is 0.812. The topological polar surface area (TPSA) is 62.5 Å². The summed E-state index contributed by atoms with van der Waals surface area (Å²) in [5.41, 5.74) is 0. The highest BCUT2D eigenvalue weighted by atomic mass is 16.5. The van der Waals surface area contributed by atoms with Crippen LogP contribution in [0.15, 0.2) is 4.52 Å². The number of piperidine rings is 2. The van der Waals surface area contributed by atoms with Gasteiger partial charge in [-0.2, -0.15) is 4.98 Å². The maximum Gasteiger partial charge on any atom is 0.240 e. The van der Waals surface area contributed by atoms with Gasteiger partial charge >= 0.3 is 0 Å². The standard InChI is InChI=1S/C16H26N4O2/c1-2-14-17-15(22-18-14)12-19-10-6-13(7-11-19)16(21)20-8-4-3-5-9-20/h13H,2-12H2,1H3. The van der Waals surface area contributed by atoms with E-state index in [0.29, 0.717) is 18.3 Å². The molecule has 6 nitrogen and oxygen atoms in total. The summed E-state index contributed by atoms with van der Waals surface area (Å²) in [5.74, 6) is 2.05. The number of likely N-dealkylation sites (tertiary alicyclic amines) is 2. The molecule has 0 unspecified atom stereocenters. The van der Waals surface area contributed by atoms with Gasteiger partial charge in [0, 0.05) is 25.4 Å². The zero-order chi connectivity index (χ0) is 15.4. The Morgan fingerprint density at radius 3 is 2.55 bits per heavy atom. The number of nitrogens with zero attached hydrogens (tertiary/aromatic N) is 4. The SMILES string of the molecule is CCc1noc(CN2CCC(C(=O)N3CCCCC3)CC2)n1. The lowest BCUT2D eigenvalue weighted by molar-refractivity contribution is -0.138. The minimum absolute atomic E-state index is 0.211. The van der Waals surface area contributed by atoms with Crippen molar-refractivity contribution in [1.29, 1.82) is 0 Å². The van der Waals surface area contributed by atoms with Crippen LogP contribution in [0.2, 0.25) is 0 Å². The Morgan fingerprint density at radius 2 is 1.91 bits per heavy atom. The van der Waals surface area contributed by atoms with E-state index in [4.69, 9.17) is 4.52 Å². The first-order chi connectivity index (χ1) is 10.8. The molecule has 1 aromatic rings. The second-order valence-corrected chi connectivity index (χ2v) is 6.39. The van der Waals surface area contributed by atoms with Gasteiger partial charge in [0.2, 0.25) is 11.8 Å². The van der Waals surface area contributed by atoms with Crippen molar-refractivity contribution in [2.24, 2.45) is 5.92 Å². The highest BCUT2D eigenvalue weighted by Gasteiger charge is 2.29. The Morgan fingerprint density at radius 1 is 1.18 bits per heavy atom. The van der Waals surface area contributed by atoms with Crippen LogP contribution in [0, 0.1) is 5.92 Å². The van der Waals surface area contributed by atoms with E-state index in [1.54, 1.807) is 0 Å². The molecule has 0 atom stereocenters. The lowest BCUT2D eigenvalue weighted by Crippen LogP contribution is -2.44. The van der Waals surface area contributed by atoms with Crippen LogP contribution in [-0.4, -0.2) is 52.0 Å². The first-order valence-electron chi connectivity index (χ1n) is 8.59. The fourth-order valence-corrected chi connectivity index (χ4v) is 3.40. The molecule has 3 heterocycles. The number of hydrogen-bond acceptors (Lipinski definition) is 5. The zero-order valence-corrected chi connectivity index (χ0v) is 13.5. The van der Waals surface area contributed by atoms with E-state index in [1.165, 1.54) is 19.3 Å². The van der Waals surface area contributed by atoms with Crippen molar-refractivity contribution in [1.82, 2.24) is 19.9 Å². The van der Waals surface area contributed by atoms with Gasteiger partial charge in [-0.3, -0.25) is 9.69 Å². The molecule has 22 heavy (non-hydrogen) atoms. The molecule has 0 aliphatic carbocycles. The number of aromatic nitrogens is 2. The predicted molar refractivity (Wildman–Crippen MR) is 82.1 cm³/mol. The van der Waals surface area contributed by atoms with Gasteiger partial charge in [-0.1, -0.05) is 12.1 Å². The van der Waals surface area contributed by atoms with Crippen LogP contribution in [0.4, 0.5) is 0 Å². The minimum Gasteiger partial charge on any atom is -0.342 e. The Kier molecular flexibility index (Phi) is 5.08. The number of aryl methyl sites for hydroxylation is 1. The maximum absolute atomic E-state index is 12.5. The van der Waals surface area contributed by atoms with Gasteiger partial charge in [0.25, 0.3) is 0 Å². The van der Waals surface area contributed by atoms with Crippen LogP contribution < -0.4 is 0 Å². The Bertz CT molecular complexity index is 488. The van der Waals surface area contributed by atoms with Gasteiger partial charge in [0.05, 0.1) is 6.54 Å². The van der Waals surface area contributed by atoms with Crippen LogP contribution in [0.3, 0.4) is 0 Å². The number of hydrogen-bond donors (Lipinski definition) is 0. The average molecular weight is 306 g/mol. The number of rotatable bonds is 4. The molecule has 2 fully saturated rings. The minimum atomic E-state index is 0.211. The monoisotopic (exact) mass is 306 g/mol. The van der Waals surface area contributed by atoms with Crippen molar-refractivity contribution >= 4 is 5.91 Å². The quantitative estimate of drug-likeness (QED) is 0.849. The van der Waals surface area contributed by atoms with Gasteiger partial charge in [-0.05, 0) is 45.2 Å². The molecule has 0 bridgehead atoms. The second-order valence-electron chi connectivity index (χ2n) is 6.39. The highest BCUT2D eigenvalue weighted by Crippen LogP contribution is 2.22. The normalized spacial score (nSPS) is 21.2. The van der Waals surface area contributed by atoms with Crippen molar-refractivity contribution in [2.45, 2.75) is 52.0 Å². The van der Waals surface area contributed by atoms with Gasteiger partial charge < -0.3 is 9.42 Å². The molecular formula is C16H26N4O2. The summed E-state index contributed by atoms with van der Waals surface area (Å²) in [4.78, 5) is 21.3. The molecule has 0 saturated carbocycles. The number of carbonyl (C=O) groups excluding carboxylic acids is 1. The van der Waals surface area contributed by atoms with E-state index in [0.717, 1.165) is 51.3 Å². The molecule has 122 valence electrons. The summed E-state index contributed by atoms with van der Waals surface area (Å²) in [6.07, 6.45) is 6.30. The maximum atomic E-state index is 12.5. The molecule has 0 aromatic carbocycles. The van der Waals surface area contributed by atoms with E-state index >= 15 is 0 Å². The summed E-state index contributed by atoms with van der Waals surface area (Å²) >= 11 is 0. The third-order valence-corrected chi connectivity index (χ3v) is 4.79. The smallest absolute Gasteiger partial charge is 0.240 e. The first-order valence-corrected chi connectivity index (χ1v) is 8.59. The van der Waals surface area contributed by atoms with Crippen molar-refractivity contribution in [3.8, 4) is 0 Å². The third-order valence-electron chi connectivity index (χ3n) is 4.79. The Balaban J connectivity index is 1.46. The molecule has 6 heteroatoms. The van der Waals surface area contributed by atoms with Crippen LogP contribution in [-0.2, 0) is 17.8 Å². The molecule has 0 radical (unpaired) electrons. The fourth-order valence-electron chi connectivity index (χ4n) is 3.40. The molecular weight excluding hydrogens is 280 g/mol. The molecule has 3 rings (SSSR count). The molecule has 1 aromatic heterocycles. The first kappa shape index (κ1) is 15.5. The zero-order valence-electron chi connectivity index (χ0n) is 13.5. The number of carbonyl (C=O) groups is 1. The Labute approximate surface area is 131 Å². The largest absolute Gasteiger partial charge is 0.342 e. The average Bonchev–Trinajstić information content (AvgIpc) is 3.03. The van der Waals surface area contributed by atoms with E-state index in [9.17, 15) is 4.79 Å². The number of amides is 1. The second kappa shape index (κ2) is 7.22. The van der Waals surface area contributed by atoms with Crippen LogP contribution in [0.1, 0.15) is 50.7 Å². The summed E-state index contributed by atoms with van der Waals surface area (Å²) in [6, 6.07) is 0. The molecule has 2 aliphatic rings. The van der Waals surface area contributed by atoms with Gasteiger partial charge in [0.1, 0.15) is 0 Å². The lowest BCUT2D eigenvalue weighted by Gasteiger charge is -2.35. The van der Waals surface area contributed by atoms with E-state index in [-0.39, 0.29) is 5.92 Å². The van der Waals surface area contributed by atoms with E-state index in [2.05, 4.69) is 19.9 Å². The summed E-state index contributed by atoms with van der Waals surface area (Å²) in [5, 5.41) is 3.93. The summed E-state index contributed by atoms with van der Waals surface area (Å²) in [7, 11) is 0. The van der Waals surface area contributed by atoms with Crippen molar-refractivity contribution in [3.63, 3.8) is 0 Å². The van der Waals surface area contributed by atoms with Gasteiger partial charge in [-0.25, -0.2) is 0 Å². The molecule has 2 saturated heterocycles. The Hall–Kier alpha value is -1.43. The molecule has 0 spiro atoms. The highest BCUT2D eigenvalue weighted by molar-refractivity contribution is 5.79. The lowest BCUT2D eigenvalue weighted by atomic mass is 9.94. The third kappa shape index (κ3) is 3.66. The van der Waals surface area contributed by atoms with E-state index in [1.807, 2.05) is 6.92 Å². The van der Waals surface area contributed by atoms with Gasteiger partial charge in [0.15, 0.2) is 5.82 Å². The van der Waals surface area contributed by atoms with Crippen LogP contribution in [0.5, 0.6) is 0 Å². The van der Waals surface area contributed by atoms with Crippen molar-refractivity contribution in [2.75, 3.05) is 26.2 Å². The molecule has 2 aliphatic heterocycles. The molecule has 0 N–H and O–H groups in total. The van der Waals surface area contributed by atoms with E-state index < -0.39 is 0 Å². The summed E-state index contributed by atoms with van der Waals surface area (Å²) in [6.45, 7) is 6.52. The molecule has 1 amide bonds. The van der Waals surface area contributed by atoms with Crippen molar-refractivity contribution < 1.29 is 9.32 Å².